The summed E-state index contributed by atoms with van der Waals surface area (Å²) in [6.45, 7) is 2.80. The highest BCUT2D eigenvalue weighted by atomic mass is 19.2. The predicted octanol–water partition coefficient (Wildman–Crippen LogP) is 3.17. The minimum atomic E-state index is -2.15. The molecule has 1 aromatic heterocycles. The molecule has 0 unspecified atom stereocenters. The Morgan fingerprint density at radius 1 is 1.27 bits per heavy atom. The molecule has 0 bridgehead atoms. The molecule has 0 fully saturated rings. The van der Waals surface area contributed by atoms with E-state index in [1.54, 1.807) is 0 Å². The third kappa shape index (κ3) is 3.71. The van der Waals surface area contributed by atoms with Crippen molar-refractivity contribution in [1.82, 2.24) is 10.3 Å². The minimum absolute atomic E-state index is 0.0727. The molecule has 0 radical (unpaired) electrons. The van der Waals surface area contributed by atoms with Gasteiger partial charge in [-0.05, 0) is 25.1 Å². The molecule has 0 aliphatic rings. The second kappa shape index (κ2) is 7.76. The maximum Gasteiger partial charge on any atom is 0.343 e. The molecule has 0 amide bonds. The number of hydrogen-bond acceptors (Lipinski definition) is 7. The summed E-state index contributed by atoms with van der Waals surface area (Å²) in [5, 5.41) is 17.0. The Morgan fingerprint density at radius 3 is 2.54 bits per heavy atom. The van der Waals surface area contributed by atoms with Crippen LogP contribution < -0.4 is 0 Å². The number of carbonyl (C=O) groups is 1. The van der Waals surface area contributed by atoms with Crippen molar-refractivity contribution in [3.63, 3.8) is 0 Å². The van der Waals surface area contributed by atoms with Crippen LogP contribution in [0.1, 0.15) is 18.2 Å². The van der Waals surface area contributed by atoms with Crippen LogP contribution in [0.25, 0.3) is 5.76 Å². The molecule has 26 heavy (non-hydrogen) atoms. The van der Waals surface area contributed by atoms with Gasteiger partial charge in [0.2, 0.25) is 5.82 Å². The van der Waals surface area contributed by atoms with E-state index in [1.807, 2.05) is 0 Å². The monoisotopic (exact) mass is 373 g/mol. The van der Waals surface area contributed by atoms with Gasteiger partial charge in [0.05, 0.1) is 12.2 Å². The largest absolute Gasteiger partial charge is 0.506 e. The van der Waals surface area contributed by atoms with Crippen molar-refractivity contribution in [2.45, 2.75) is 13.8 Å². The van der Waals surface area contributed by atoms with Crippen LogP contribution in [0.3, 0.4) is 0 Å². The van der Waals surface area contributed by atoms with Gasteiger partial charge in [0.1, 0.15) is 17.0 Å². The van der Waals surface area contributed by atoms with Crippen LogP contribution in [0, 0.1) is 30.2 Å². The summed E-state index contributed by atoms with van der Waals surface area (Å²) < 4.78 is 62.7. The molecule has 0 aliphatic heterocycles. The molecule has 2 aromatic rings. The summed E-state index contributed by atoms with van der Waals surface area (Å²) in [5.74, 6) is -10.3. The van der Waals surface area contributed by atoms with Crippen molar-refractivity contribution in [2.75, 3.05) is 6.61 Å². The van der Waals surface area contributed by atoms with Crippen molar-refractivity contribution in [2.24, 2.45) is 4.99 Å². The van der Waals surface area contributed by atoms with Gasteiger partial charge in [-0.2, -0.15) is 0 Å². The highest BCUT2D eigenvalue weighted by molar-refractivity contribution is 6.15. The van der Waals surface area contributed by atoms with Gasteiger partial charge in [-0.15, -0.1) is 0 Å². The lowest BCUT2D eigenvalue weighted by Crippen LogP contribution is -2.12. The molecule has 1 aromatic carbocycles. The Hall–Kier alpha value is -3.24. The second-order valence-electron chi connectivity index (χ2n) is 4.76. The summed E-state index contributed by atoms with van der Waals surface area (Å²) >= 11 is 0. The van der Waals surface area contributed by atoms with Crippen LogP contribution in [-0.2, 0) is 9.53 Å². The van der Waals surface area contributed by atoms with Crippen LogP contribution in [0.5, 0.6) is 0 Å². The lowest BCUT2D eigenvalue weighted by atomic mass is 10.1. The number of carbonyl (C=O) groups excluding carboxylic acids is 1. The number of rotatable bonds is 5. The summed E-state index contributed by atoms with van der Waals surface area (Å²) in [5.41, 5.74) is -1.61. The number of aryl methyl sites for hydroxylation is 1. The van der Waals surface area contributed by atoms with E-state index in [1.165, 1.54) is 13.8 Å². The molecule has 2 rings (SSSR count). The topological polar surface area (TPSA) is 97.8 Å². The quantitative estimate of drug-likeness (QED) is 0.164. The Morgan fingerprint density at radius 2 is 1.96 bits per heavy atom. The van der Waals surface area contributed by atoms with Crippen LogP contribution in [0.4, 0.5) is 23.4 Å². The van der Waals surface area contributed by atoms with Gasteiger partial charge in [-0.25, -0.2) is 32.0 Å². The molecule has 7 nitrogen and oxygen atoms in total. The van der Waals surface area contributed by atoms with Crippen LogP contribution in [0.15, 0.2) is 21.3 Å². The van der Waals surface area contributed by atoms with Crippen molar-refractivity contribution in [1.29, 1.82) is 0 Å². The van der Waals surface area contributed by atoms with E-state index in [4.69, 9.17) is 0 Å². The van der Waals surface area contributed by atoms with Gasteiger partial charge >= 0.3 is 5.97 Å². The maximum absolute atomic E-state index is 13.9. The number of esters is 1. The first kappa shape index (κ1) is 19.1. The fraction of sp³-hybridized carbons (Fsp3) is 0.200. The predicted molar refractivity (Wildman–Crippen MR) is 79.6 cm³/mol. The van der Waals surface area contributed by atoms with E-state index < -0.39 is 46.1 Å². The van der Waals surface area contributed by atoms with Crippen molar-refractivity contribution in [3.05, 3.63) is 46.2 Å². The number of aliphatic imine (C=N–C) groups is 1. The highest BCUT2D eigenvalue weighted by Gasteiger charge is 2.25. The smallest absolute Gasteiger partial charge is 0.343 e. The van der Waals surface area contributed by atoms with E-state index >= 15 is 0 Å². The summed E-state index contributed by atoms with van der Waals surface area (Å²) in [4.78, 5) is 15.7. The number of aliphatic hydroxyl groups is 1. The fourth-order valence-corrected chi connectivity index (χ4v) is 1.78. The fourth-order valence-electron chi connectivity index (χ4n) is 1.78. The number of aromatic nitrogens is 2. The van der Waals surface area contributed by atoms with Crippen molar-refractivity contribution < 1.29 is 36.8 Å². The SMILES string of the molecule is CCOC(=O)C(C=Nc1nonc1C)=C(O)c1cc(F)c(F)c(F)c1F. The average molecular weight is 373 g/mol. The Bertz CT molecular complexity index is 909. The molecule has 0 atom stereocenters. The van der Waals surface area contributed by atoms with E-state index in [0.717, 1.165) is 6.21 Å². The van der Waals surface area contributed by atoms with Gasteiger partial charge in [-0.3, -0.25) is 0 Å². The molecule has 138 valence electrons. The Balaban J connectivity index is 2.61. The Kier molecular flexibility index (Phi) is 5.70. The normalized spacial score (nSPS) is 12.4. The number of aliphatic hydroxyl groups excluding tert-OH is 1. The standard InChI is InChI=1S/C15H11F4N3O4/c1-3-25-15(24)8(5-20-14-6(2)21-26-22-14)13(23)7-4-9(16)11(18)12(19)10(7)17/h4-5,23H,3H2,1-2H3. The van der Waals surface area contributed by atoms with Crippen LogP contribution in [0.2, 0.25) is 0 Å². The zero-order valence-electron chi connectivity index (χ0n) is 13.4. The summed E-state index contributed by atoms with van der Waals surface area (Å²) in [6.07, 6.45) is 0.721. The molecule has 0 aliphatic carbocycles. The molecule has 0 saturated heterocycles. The van der Waals surface area contributed by atoms with Crippen molar-refractivity contribution >= 4 is 23.8 Å². The highest BCUT2D eigenvalue weighted by Crippen LogP contribution is 2.25. The minimum Gasteiger partial charge on any atom is -0.506 e. The third-order valence-electron chi connectivity index (χ3n) is 3.05. The maximum atomic E-state index is 13.9. The molecule has 0 spiro atoms. The summed E-state index contributed by atoms with van der Waals surface area (Å²) in [7, 11) is 0. The van der Waals surface area contributed by atoms with Gasteiger partial charge in [0.15, 0.2) is 23.3 Å². The molecule has 1 heterocycles. The molecule has 11 heteroatoms. The first-order chi connectivity index (χ1) is 12.3. The van der Waals surface area contributed by atoms with Crippen molar-refractivity contribution in [3.8, 4) is 0 Å². The Labute approximate surface area is 143 Å². The van der Waals surface area contributed by atoms with E-state index in [-0.39, 0.29) is 24.2 Å². The zero-order chi connectivity index (χ0) is 19.4. The molecule has 0 saturated carbocycles. The first-order valence-corrected chi connectivity index (χ1v) is 7.04. The van der Waals surface area contributed by atoms with E-state index in [9.17, 15) is 27.5 Å². The van der Waals surface area contributed by atoms with Gasteiger partial charge in [-0.1, -0.05) is 5.16 Å². The van der Waals surface area contributed by atoms with Gasteiger partial charge in [0.25, 0.3) is 0 Å². The number of nitrogens with zero attached hydrogens (tertiary/aromatic N) is 3. The van der Waals surface area contributed by atoms with Crippen LogP contribution in [-0.4, -0.2) is 34.2 Å². The number of ether oxygens (including phenoxy) is 1. The number of hydrogen-bond donors (Lipinski definition) is 1. The number of benzene rings is 1. The van der Waals surface area contributed by atoms with Crippen LogP contribution >= 0.6 is 0 Å². The van der Waals surface area contributed by atoms with E-state index in [2.05, 4.69) is 24.7 Å². The van der Waals surface area contributed by atoms with Gasteiger partial charge < -0.3 is 9.84 Å². The third-order valence-corrected chi connectivity index (χ3v) is 3.05. The lowest BCUT2D eigenvalue weighted by molar-refractivity contribution is -0.137. The average Bonchev–Trinajstić information content (AvgIpc) is 3.01. The first-order valence-electron chi connectivity index (χ1n) is 7.04. The molecular weight excluding hydrogens is 362 g/mol. The lowest BCUT2D eigenvalue weighted by Gasteiger charge is -2.09. The summed E-state index contributed by atoms with van der Waals surface area (Å²) in [6, 6.07) is 0.194. The second-order valence-corrected chi connectivity index (χ2v) is 4.76. The zero-order valence-corrected chi connectivity index (χ0v) is 13.4. The number of halogens is 4. The molecule has 1 N–H and O–H groups in total. The molecular formula is C15H11F4N3O4. The van der Waals surface area contributed by atoms with Gasteiger partial charge in [0, 0.05) is 6.21 Å². The van der Waals surface area contributed by atoms with E-state index in [0.29, 0.717) is 0 Å².